The van der Waals surface area contributed by atoms with Crippen LogP contribution in [0.2, 0.25) is 0 Å². The minimum Gasteiger partial charge on any atom is -0.374 e. The van der Waals surface area contributed by atoms with Crippen LogP contribution in [0.5, 0.6) is 0 Å². The highest BCUT2D eigenvalue weighted by atomic mass is 32.2. The molecule has 1 aromatic carbocycles. The molecule has 2 atom stereocenters. The third kappa shape index (κ3) is 3.60. The quantitative estimate of drug-likeness (QED) is 0.892. The van der Waals surface area contributed by atoms with Gasteiger partial charge in [-0.2, -0.15) is 5.26 Å². The second-order valence-corrected chi connectivity index (χ2v) is 7.35. The molecule has 0 aromatic heterocycles. The zero-order chi connectivity index (χ0) is 16.3. The zero-order valence-electron chi connectivity index (χ0n) is 13.4. The van der Waals surface area contributed by atoms with Crippen LogP contribution in [-0.2, 0) is 0 Å². The van der Waals surface area contributed by atoms with Crippen LogP contribution in [-0.4, -0.2) is 30.2 Å². The van der Waals surface area contributed by atoms with Crippen LogP contribution in [0.3, 0.4) is 0 Å². The van der Waals surface area contributed by atoms with Gasteiger partial charge in [0.25, 0.3) is 0 Å². The predicted octanol–water partition coefficient (Wildman–Crippen LogP) is 2.76. The van der Waals surface area contributed by atoms with Gasteiger partial charge in [-0.25, -0.2) is 0 Å². The molecule has 4 nitrogen and oxygen atoms in total. The third-order valence-electron chi connectivity index (χ3n) is 4.48. The second-order valence-electron chi connectivity index (χ2n) is 6.44. The minimum atomic E-state index is -0.360. The van der Waals surface area contributed by atoms with Gasteiger partial charge in [-0.3, -0.25) is 4.99 Å². The topological polar surface area (TPSA) is 74.2 Å². The van der Waals surface area contributed by atoms with Crippen LogP contribution in [0.4, 0.5) is 0 Å². The molecule has 0 bridgehead atoms. The van der Waals surface area contributed by atoms with Gasteiger partial charge < -0.3 is 11.1 Å². The average Bonchev–Trinajstić information content (AvgIpc) is 3.06. The van der Waals surface area contributed by atoms with Gasteiger partial charge in [0.15, 0.2) is 0 Å². The Morgan fingerprint density at radius 2 is 2.39 bits per heavy atom. The fourth-order valence-corrected chi connectivity index (χ4v) is 4.50. The van der Waals surface area contributed by atoms with Crippen molar-refractivity contribution in [1.82, 2.24) is 5.32 Å². The van der Waals surface area contributed by atoms with Crippen LogP contribution in [0.1, 0.15) is 30.9 Å². The highest BCUT2D eigenvalue weighted by molar-refractivity contribution is 8.02. The van der Waals surface area contributed by atoms with E-state index in [1.165, 1.54) is 5.57 Å². The summed E-state index contributed by atoms with van der Waals surface area (Å²) in [6.45, 7) is 4.00. The first-order valence-electron chi connectivity index (χ1n) is 7.98. The van der Waals surface area contributed by atoms with Crippen molar-refractivity contribution in [3.8, 4) is 6.07 Å². The first kappa shape index (κ1) is 16.1. The number of nitrogens with one attached hydrogen (secondary N) is 1. The largest absolute Gasteiger partial charge is 0.374 e. The Balaban J connectivity index is 1.82. The normalized spacial score (nSPS) is 23.3. The molecule has 3 rings (SSSR count). The van der Waals surface area contributed by atoms with E-state index in [1.54, 1.807) is 11.8 Å². The molecular weight excluding hydrogens is 304 g/mol. The highest BCUT2D eigenvalue weighted by Crippen LogP contribution is 2.42. The Bertz CT molecular complexity index is 685. The van der Waals surface area contributed by atoms with E-state index in [-0.39, 0.29) is 11.5 Å². The molecule has 0 fully saturated rings. The van der Waals surface area contributed by atoms with Crippen molar-refractivity contribution in [2.24, 2.45) is 16.6 Å². The number of nitrogens with two attached hydrogens (primary N) is 1. The van der Waals surface area contributed by atoms with Gasteiger partial charge in [-0.1, -0.05) is 12.1 Å². The summed E-state index contributed by atoms with van der Waals surface area (Å²) < 4.78 is 0. The molecule has 1 aromatic rings. The van der Waals surface area contributed by atoms with Crippen LogP contribution >= 0.6 is 11.8 Å². The van der Waals surface area contributed by atoms with E-state index in [2.05, 4.69) is 34.8 Å². The maximum absolute atomic E-state index is 9.12. The molecular formula is C18H22N4S. The number of aliphatic imine (C=N–C) groups is 1. The summed E-state index contributed by atoms with van der Waals surface area (Å²) >= 11 is 1.80. The molecule has 2 heterocycles. The molecule has 0 aliphatic carbocycles. The predicted molar refractivity (Wildman–Crippen MR) is 97.2 cm³/mol. The summed E-state index contributed by atoms with van der Waals surface area (Å²) in [5.41, 5.74) is 9.39. The van der Waals surface area contributed by atoms with Crippen LogP contribution in [0, 0.1) is 17.2 Å². The monoisotopic (exact) mass is 326 g/mol. The molecule has 120 valence electrons. The summed E-state index contributed by atoms with van der Waals surface area (Å²) in [7, 11) is 0. The van der Waals surface area contributed by atoms with Crippen LogP contribution < -0.4 is 11.1 Å². The molecule has 23 heavy (non-hydrogen) atoms. The summed E-state index contributed by atoms with van der Waals surface area (Å²) in [5, 5.41) is 14.7. The smallest absolute Gasteiger partial charge is 0.0991 e. The molecule has 0 radical (unpaired) electrons. The van der Waals surface area contributed by atoms with E-state index < -0.39 is 0 Å². The van der Waals surface area contributed by atoms with Crippen molar-refractivity contribution in [1.29, 1.82) is 5.26 Å². The summed E-state index contributed by atoms with van der Waals surface area (Å²) in [5.74, 6) is 2.27. The average molecular weight is 326 g/mol. The summed E-state index contributed by atoms with van der Waals surface area (Å²) in [6, 6.07) is 10.0. The lowest BCUT2D eigenvalue weighted by Gasteiger charge is -2.34. The van der Waals surface area contributed by atoms with Gasteiger partial charge in [0.2, 0.25) is 0 Å². The molecule has 5 heteroatoms. The Hall–Kier alpha value is -1.77. The fourth-order valence-electron chi connectivity index (χ4n) is 3.17. The molecule has 0 amide bonds. The van der Waals surface area contributed by atoms with E-state index >= 15 is 0 Å². The summed E-state index contributed by atoms with van der Waals surface area (Å²) in [6.07, 6.45) is 1.85. The van der Waals surface area contributed by atoms with Crippen LogP contribution in [0.25, 0.3) is 5.57 Å². The molecule has 1 unspecified atom stereocenters. The van der Waals surface area contributed by atoms with E-state index in [0.717, 1.165) is 43.1 Å². The minimum absolute atomic E-state index is 0.257. The first-order chi connectivity index (χ1) is 11.1. The number of hydrogen-bond donors (Lipinski definition) is 2. The van der Waals surface area contributed by atoms with Gasteiger partial charge in [0.05, 0.1) is 17.5 Å². The highest BCUT2D eigenvalue weighted by Gasteiger charge is 2.37. The standard InChI is InChI=1S/C18H22N4S/c1-18(20,9-17-21-6-3-7-22-17)16-12-23-11-15(16)14-5-2-4-13(8-14)10-19/h2,4-5,8,11,16H,3,6-7,9,12,20H2,1H3,(H,21,22)/t16?,18-/m0/s1. The lowest BCUT2D eigenvalue weighted by Crippen LogP contribution is -2.49. The zero-order valence-corrected chi connectivity index (χ0v) is 14.2. The number of thioether (sulfide) groups is 1. The van der Waals surface area contributed by atoms with E-state index in [0.29, 0.717) is 5.56 Å². The Morgan fingerprint density at radius 1 is 1.52 bits per heavy atom. The van der Waals surface area contributed by atoms with Gasteiger partial charge in [0.1, 0.15) is 0 Å². The number of amidine groups is 1. The van der Waals surface area contributed by atoms with Crippen molar-refractivity contribution >= 4 is 23.2 Å². The van der Waals surface area contributed by atoms with Crippen LogP contribution in [0.15, 0.2) is 34.7 Å². The number of hydrogen-bond acceptors (Lipinski definition) is 5. The fraction of sp³-hybridized carbons (Fsp3) is 0.444. The molecule has 0 saturated heterocycles. The van der Waals surface area contributed by atoms with E-state index in [4.69, 9.17) is 11.0 Å². The number of benzene rings is 1. The Kier molecular flexibility index (Phi) is 4.74. The van der Waals surface area contributed by atoms with E-state index in [9.17, 15) is 0 Å². The Labute approximate surface area is 141 Å². The third-order valence-corrected chi connectivity index (χ3v) is 5.43. The maximum Gasteiger partial charge on any atom is 0.0991 e. The molecule has 3 N–H and O–H groups in total. The molecule has 0 spiro atoms. The van der Waals surface area contributed by atoms with Gasteiger partial charge >= 0.3 is 0 Å². The van der Waals surface area contributed by atoms with E-state index in [1.807, 2.05) is 18.2 Å². The van der Waals surface area contributed by atoms with Crippen molar-refractivity contribution in [2.45, 2.75) is 25.3 Å². The molecule has 2 aliphatic rings. The van der Waals surface area contributed by atoms with Crippen molar-refractivity contribution in [2.75, 3.05) is 18.8 Å². The molecule has 2 aliphatic heterocycles. The van der Waals surface area contributed by atoms with Crippen molar-refractivity contribution in [3.05, 3.63) is 40.8 Å². The van der Waals surface area contributed by atoms with Gasteiger partial charge in [-0.15, -0.1) is 11.8 Å². The number of nitriles is 1. The lowest BCUT2D eigenvalue weighted by atomic mass is 9.77. The lowest BCUT2D eigenvalue weighted by molar-refractivity contribution is 0.397. The van der Waals surface area contributed by atoms with Gasteiger partial charge in [0, 0.05) is 36.7 Å². The van der Waals surface area contributed by atoms with Crippen molar-refractivity contribution in [3.63, 3.8) is 0 Å². The molecule has 0 saturated carbocycles. The van der Waals surface area contributed by atoms with Crippen molar-refractivity contribution < 1.29 is 0 Å². The second kappa shape index (κ2) is 6.77. The Morgan fingerprint density at radius 3 is 3.13 bits per heavy atom. The van der Waals surface area contributed by atoms with Gasteiger partial charge in [-0.05, 0) is 42.0 Å². The SMILES string of the molecule is C[C@](N)(CC1=NCCCN1)C1CSC=C1c1cccc(C#N)c1. The number of nitrogens with zero attached hydrogens (tertiary/aromatic N) is 2. The maximum atomic E-state index is 9.12. The summed E-state index contributed by atoms with van der Waals surface area (Å²) in [4.78, 5) is 4.57. The number of rotatable bonds is 4. The first-order valence-corrected chi connectivity index (χ1v) is 9.03.